The van der Waals surface area contributed by atoms with Gasteiger partial charge in [-0.05, 0) is 0 Å². The fourth-order valence-electron chi connectivity index (χ4n) is 1.87. The molecule has 0 atom stereocenters. The minimum absolute atomic E-state index is 0.153. The fourth-order valence-corrected chi connectivity index (χ4v) is 2.79. The van der Waals surface area contributed by atoms with Gasteiger partial charge >= 0.3 is 121 Å². The summed E-state index contributed by atoms with van der Waals surface area (Å²) in [4.78, 5) is 4.18. The van der Waals surface area contributed by atoms with E-state index in [4.69, 9.17) is 4.74 Å². The van der Waals surface area contributed by atoms with E-state index >= 15 is 0 Å². The van der Waals surface area contributed by atoms with E-state index in [1.165, 1.54) is 39.9 Å². The van der Waals surface area contributed by atoms with Crippen molar-refractivity contribution in [1.29, 1.82) is 0 Å². The van der Waals surface area contributed by atoms with Gasteiger partial charge in [-0.25, -0.2) is 0 Å². The van der Waals surface area contributed by atoms with Crippen molar-refractivity contribution in [3.8, 4) is 5.75 Å². The summed E-state index contributed by atoms with van der Waals surface area (Å²) in [6.07, 6.45) is 0. The Bertz CT molecular complexity index is 498. The molecule has 0 aliphatic carbocycles. The molecule has 1 aromatic rings. The molecule has 0 aliphatic heterocycles. The van der Waals surface area contributed by atoms with Crippen LogP contribution in [0.3, 0.4) is 0 Å². The van der Waals surface area contributed by atoms with Gasteiger partial charge in [0.05, 0.1) is 0 Å². The fraction of sp³-hybridized carbons (Fsp3) is 0.467. The Hall–Kier alpha value is -0.752. The Kier molecular flexibility index (Phi) is 4.66. The van der Waals surface area contributed by atoms with Gasteiger partial charge in [0.2, 0.25) is 0 Å². The number of hydrogen-bond acceptors (Lipinski definition) is 2. The van der Waals surface area contributed by atoms with Gasteiger partial charge in [0.15, 0.2) is 0 Å². The molecule has 2 nitrogen and oxygen atoms in total. The van der Waals surface area contributed by atoms with E-state index in [-0.39, 0.29) is 5.41 Å². The van der Waals surface area contributed by atoms with Crippen LogP contribution in [0.1, 0.15) is 37.5 Å². The molecule has 0 aliphatic rings. The number of aliphatic imine (C=N–C) groups is 1. The van der Waals surface area contributed by atoms with Crippen molar-refractivity contribution >= 4 is 16.3 Å². The molecule has 0 saturated heterocycles. The number of hydrogen-bond donors (Lipinski definition) is 0. The normalized spacial score (nSPS) is 11.2. The number of ether oxygens (including phenoxy) is 1. The third kappa shape index (κ3) is 2.80. The first-order chi connectivity index (χ1) is 8.23. The molecule has 0 bridgehead atoms. The summed E-state index contributed by atoms with van der Waals surface area (Å²) in [6.45, 7) is 14.6. The van der Waals surface area contributed by atoms with Crippen LogP contribution >= 0.6 is 0 Å². The molecule has 98 valence electrons. The molecule has 1 rings (SSSR count). The Labute approximate surface area is 121 Å². The van der Waals surface area contributed by atoms with Crippen LogP contribution in [0.25, 0.3) is 0 Å². The zero-order valence-electron chi connectivity index (χ0n) is 12.0. The molecule has 0 unspecified atom stereocenters. The van der Waals surface area contributed by atoms with Crippen molar-refractivity contribution in [2.24, 2.45) is 10.4 Å². The summed E-state index contributed by atoms with van der Waals surface area (Å²) in [5, 5.41) is 0. The molecule has 1 aromatic carbocycles. The van der Waals surface area contributed by atoms with Crippen molar-refractivity contribution in [1.82, 2.24) is 0 Å². The maximum atomic E-state index is 5.40. The van der Waals surface area contributed by atoms with Gasteiger partial charge in [-0.1, -0.05) is 0 Å². The maximum absolute atomic E-state index is 5.40. The quantitative estimate of drug-likeness (QED) is 0.690. The van der Waals surface area contributed by atoms with E-state index in [9.17, 15) is 0 Å². The summed E-state index contributed by atoms with van der Waals surface area (Å²) in [6, 6.07) is 1.99. The molecular formula is C15H21NOW. The SMILES string of the molecule is C=Nc1cc(OC)c(C)c(C)c1[C](=[W])C(C)(C)C. The molecule has 0 spiro atoms. The average molecular weight is 415 g/mol. The number of benzene rings is 1. The van der Waals surface area contributed by atoms with Crippen LogP contribution in [0.15, 0.2) is 11.1 Å². The van der Waals surface area contributed by atoms with Gasteiger partial charge in [-0.2, -0.15) is 0 Å². The zero-order chi connectivity index (χ0) is 14.1. The van der Waals surface area contributed by atoms with Crippen molar-refractivity contribution in [2.75, 3.05) is 7.11 Å². The molecule has 18 heavy (non-hydrogen) atoms. The molecule has 0 saturated carbocycles. The van der Waals surface area contributed by atoms with Gasteiger partial charge in [0.1, 0.15) is 0 Å². The topological polar surface area (TPSA) is 21.6 Å². The van der Waals surface area contributed by atoms with Crippen LogP contribution in [-0.2, 0) is 19.4 Å². The van der Waals surface area contributed by atoms with Crippen LogP contribution in [-0.4, -0.2) is 17.7 Å². The average Bonchev–Trinajstić information content (AvgIpc) is 2.30. The predicted molar refractivity (Wildman–Crippen MR) is 75.2 cm³/mol. The van der Waals surface area contributed by atoms with Gasteiger partial charge < -0.3 is 0 Å². The van der Waals surface area contributed by atoms with E-state index in [2.05, 4.69) is 46.3 Å². The van der Waals surface area contributed by atoms with E-state index < -0.39 is 0 Å². The summed E-state index contributed by atoms with van der Waals surface area (Å²) in [5.41, 5.74) is 4.75. The first-order valence-electron chi connectivity index (χ1n) is 5.93. The van der Waals surface area contributed by atoms with E-state index in [1.54, 1.807) is 7.11 Å². The van der Waals surface area contributed by atoms with Gasteiger partial charge in [0.25, 0.3) is 0 Å². The molecule has 0 heterocycles. The van der Waals surface area contributed by atoms with Crippen LogP contribution in [0.4, 0.5) is 5.69 Å². The third-order valence-electron chi connectivity index (χ3n) is 3.13. The van der Waals surface area contributed by atoms with Gasteiger partial charge in [-0.3, -0.25) is 0 Å². The predicted octanol–water partition coefficient (Wildman–Crippen LogP) is 3.76. The Morgan fingerprint density at radius 2 is 1.83 bits per heavy atom. The first kappa shape index (κ1) is 15.3. The summed E-state index contributed by atoms with van der Waals surface area (Å²) >= 11 is 1.48. The van der Waals surface area contributed by atoms with E-state index in [0.29, 0.717) is 0 Å². The Morgan fingerprint density at radius 3 is 2.22 bits per heavy atom. The van der Waals surface area contributed by atoms with Crippen LogP contribution in [0, 0.1) is 19.3 Å². The second-order valence-electron chi connectivity index (χ2n) is 5.46. The second kappa shape index (κ2) is 5.48. The van der Waals surface area contributed by atoms with Crippen LogP contribution in [0.2, 0.25) is 0 Å². The first-order valence-corrected chi connectivity index (χ1v) is 7.40. The Balaban J connectivity index is 3.58. The number of methoxy groups -OCH3 is 1. The summed E-state index contributed by atoms with van der Waals surface area (Å²) in [5.74, 6) is 0.885. The molecule has 0 aromatic heterocycles. The zero-order valence-corrected chi connectivity index (χ0v) is 15.0. The summed E-state index contributed by atoms with van der Waals surface area (Å²) in [7, 11) is 1.69. The molecule has 0 radical (unpaired) electrons. The second-order valence-corrected chi connectivity index (χ2v) is 6.93. The number of nitrogens with zero attached hydrogens (tertiary/aromatic N) is 1. The third-order valence-corrected chi connectivity index (χ3v) is 6.06. The monoisotopic (exact) mass is 415 g/mol. The molecular weight excluding hydrogens is 394 g/mol. The van der Waals surface area contributed by atoms with Crippen LogP contribution < -0.4 is 4.74 Å². The van der Waals surface area contributed by atoms with E-state index in [1.807, 2.05) is 6.07 Å². The van der Waals surface area contributed by atoms with Crippen molar-refractivity contribution in [3.63, 3.8) is 0 Å². The minimum atomic E-state index is 0.153. The Morgan fingerprint density at radius 1 is 1.28 bits per heavy atom. The summed E-state index contributed by atoms with van der Waals surface area (Å²) < 4.78 is 6.81. The molecule has 3 heteroatoms. The van der Waals surface area contributed by atoms with Crippen molar-refractivity contribution < 1.29 is 24.1 Å². The van der Waals surface area contributed by atoms with Crippen molar-refractivity contribution in [3.05, 3.63) is 22.8 Å². The molecule has 0 fully saturated rings. The van der Waals surface area contributed by atoms with Gasteiger partial charge in [0, 0.05) is 0 Å². The van der Waals surface area contributed by atoms with Crippen LogP contribution in [0.5, 0.6) is 5.75 Å². The number of rotatable bonds is 3. The molecule has 0 N–H and O–H groups in total. The van der Waals surface area contributed by atoms with Gasteiger partial charge in [-0.15, -0.1) is 0 Å². The standard InChI is InChI=1S/C15H21NO.W/c1-10-11(2)14(17-7)8-13(16-6)12(10)9-15(3,4)5;/h8H,6H2,1-5,7H3;. The van der Waals surface area contributed by atoms with E-state index in [0.717, 1.165) is 11.4 Å². The van der Waals surface area contributed by atoms with Crippen molar-refractivity contribution in [2.45, 2.75) is 34.6 Å². The molecule has 0 amide bonds.